The van der Waals surface area contributed by atoms with Crippen molar-refractivity contribution in [2.24, 2.45) is 5.92 Å². The molecule has 0 radical (unpaired) electrons. The second-order valence-corrected chi connectivity index (χ2v) is 6.07. The third-order valence-corrected chi connectivity index (χ3v) is 4.57. The highest BCUT2D eigenvalue weighted by molar-refractivity contribution is 7.12. The number of thiophene rings is 1. The number of nitrogens with zero attached hydrogens (tertiary/aromatic N) is 1. The average molecular weight is 286 g/mol. The van der Waals surface area contributed by atoms with Crippen molar-refractivity contribution in [1.82, 2.24) is 5.32 Å². The Morgan fingerprint density at radius 2 is 2.10 bits per heavy atom. The van der Waals surface area contributed by atoms with Gasteiger partial charge in [0.25, 0.3) is 5.91 Å². The summed E-state index contributed by atoms with van der Waals surface area (Å²) >= 11 is 1.49. The third kappa shape index (κ3) is 3.02. The molecule has 104 valence electrons. The van der Waals surface area contributed by atoms with Gasteiger partial charge < -0.3 is 10.2 Å². The number of amides is 1. The minimum atomic E-state index is 0.0539. The van der Waals surface area contributed by atoms with Gasteiger partial charge in [0.05, 0.1) is 4.88 Å². The van der Waals surface area contributed by atoms with Gasteiger partial charge in [-0.1, -0.05) is 24.3 Å². The molecule has 1 atom stereocenters. The fourth-order valence-electron chi connectivity index (χ4n) is 2.60. The predicted octanol–water partition coefficient (Wildman–Crippen LogP) is 3.00. The van der Waals surface area contributed by atoms with Crippen LogP contribution in [0.4, 0.5) is 5.69 Å². The number of benzene rings is 1. The Kier molecular flexibility index (Phi) is 4.02. The molecule has 2 heterocycles. The van der Waals surface area contributed by atoms with Gasteiger partial charge in [0.1, 0.15) is 0 Å². The molecule has 0 saturated carbocycles. The number of hydrogen-bond donors (Lipinski definition) is 1. The molecule has 1 aromatic heterocycles. The van der Waals surface area contributed by atoms with Crippen LogP contribution < -0.4 is 10.2 Å². The Hall–Kier alpha value is -1.81. The van der Waals surface area contributed by atoms with E-state index in [1.165, 1.54) is 17.0 Å². The van der Waals surface area contributed by atoms with Crippen molar-refractivity contribution in [3.8, 4) is 0 Å². The van der Waals surface area contributed by atoms with Crippen LogP contribution in [0.2, 0.25) is 0 Å². The van der Waals surface area contributed by atoms with Gasteiger partial charge in [0.15, 0.2) is 0 Å². The smallest absolute Gasteiger partial charge is 0.261 e. The van der Waals surface area contributed by atoms with Crippen LogP contribution in [0.15, 0.2) is 47.8 Å². The number of anilines is 1. The van der Waals surface area contributed by atoms with Gasteiger partial charge in [-0.3, -0.25) is 4.79 Å². The largest absolute Gasteiger partial charge is 0.371 e. The summed E-state index contributed by atoms with van der Waals surface area (Å²) in [6.45, 7) is 2.86. The van der Waals surface area contributed by atoms with E-state index in [-0.39, 0.29) is 5.91 Å². The Balaban J connectivity index is 1.50. The van der Waals surface area contributed by atoms with E-state index in [1.807, 2.05) is 23.6 Å². The van der Waals surface area contributed by atoms with Gasteiger partial charge in [0, 0.05) is 25.3 Å². The number of carbonyl (C=O) groups is 1. The molecule has 1 saturated heterocycles. The van der Waals surface area contributed by atoms with Crippen LogP contribution in [0.3, 0.4) is 0 Å². The maximum atomic E-state index is 11.9. The van der Waals surface area contributed by atoms with Crippen LogP contribution in [0, 0.1) is 5.92 Å². The van der Waals surface area contributed by atoms with Crippen LogP contribution in [0.5, 0.6) is 0 Å². The zero-order valence-corrected chi connectivity index (χ0v) is 12.1. The molecule has 1 fully saturated rings. The molecule has 1 aliphatic heterocycles. The summed E-state index contributed by atoms with van der Waals surface area (Å²) in [5, 5.41) is 4.98. The molecular weight excluding hydrogens is 268 g/mol. The number of nitrogens with one attached hydrogen (secondary N) is 1. The number of para-hydroxylation sites is 1. The first-order valence-corrected chi connectivity index (χ1v) is 7.82. The summed E-state index contributed by atoms with van der Waals surface area (Å²) < 4.78 is 0. The van der Waals surface area contributed by atoms with Crippen molar-refractivity contribution in [2.45, 2.75) is 6.42 Å². The minimum Gasteiger partial charge on any atom is -0.371 e. The van der Waals surface area contributed by atoms with Gasteiger partial charge in [-0.05, 0) is 35.9 Å². The molecule has 3 nitrogen and oxygen atoms in total. The van der Waals surface area contributed by atoms with Crippen LogP contribution in [0.25, 0.3) is 0 Å². The highest BCUT2D eigenvalue weighted by Crippen LogP contribution is 2.23. The quantitative estimate of drug-likeness (QED) is 0.937. The van der Waals surface area contributed by atoms with Gasteiger partial charge in [-0.15, -0.1) is 11.3 Å². The predicted molar refractivity (Wildman–Crippen MR) is 83.4 cm³/mol. The summed E-state index contributed by atoms with van der Waals surface area (Å²) in [6.07, 6.45) is 1.14. The first-order valence-electron chi connectivity index (χ1n) is 6.94. The van der Waals surface area contributed by atoms with Crippen molar-refractivity contribution in [3.63, 3.8) is 0 Å². The Morgan fingerprint density at radius 1 is 1.25 bits per heavy atom. The highest BCUT2D eigenvalue weighted by atomic mass is 32.1. The lowest BCUT2D eigenvalue weighted by Crippen LogP contribution is -2.30. The van der Waals surface area contributed by atoms with Crippen molar-refractivity contribution in [3.05, 3.63) is 52.7 Å². The van der Waals surface area contributed by atoms with Crippen molar-refractivity contribution in [2.75, 3.05) is 24.5 Å². The molecule has 20 heavy (non-hydrogen) atoms. The summed E-state index contributed by atoms with van der Waals surface area (Å²) in [6, 6.07) is 14.2. The third-order valence-electron chi connectivity index (χ3n) is 3.70. The van der Waals surface area contributed by atoms with Gasteiger partial charge >= 0.3 is 0 Å². The van der Waals surface area contributed by atoms with E-state index in [0.717, 1.165) is 30.9 Å². The minimum absolute atomic E-state index is 0.0539. The van der Waals surface area contributed by atoms with E-state index in [9.17, 15) is 4.79 Å². The Labute approximate surface area is 123 Å². The maximum Gasteiger partial charge on any atom is 0.261 e. The molecule has 1 aromatic carbocycles. The molecule has 1 amide bonds. The standard InChI is InChI=1S/C16H18N2OS/c19-16(15-7-4-10-20-15)17-11-13-8-9-18(12-13)14-5-2-1-3-6-14/h1-7,10,13H,8-9,11-12H2,(H,17,19). The summed E-state index contributed by atoms with van der Waals surface area (Å²) in [7, 11) is 0. The van der Waals surface area contributed by atoms with E-state index in [1.54, 1.807) is 0 Å². The molecule has 0 spiro atoms. The van der Waals surface area contributed by atoms with E-state index in [4.69, 9.17) is 0 Å². The van der Waals surface area contributed by atoms with Gasteiger partial charge in [-0.25, -0.2) is 0 Å². The van der Waals surface area contributed by atoms with Crippen molar-refractivity contribution in [1.29, 1.82) is 0 Å². The maximum absolute atomic E-state index is 11.9. The first-order chi connectivity index (χ1) is 9.83. The fraction of sp³-hybridized carbons (Fsp3) is 0.312. The second kappa shape index (κ2) is 6.09. The fourth-order valence-corrected chi connectivity index (χ4v) is 3.24. The zero-order chi connectivity index (χ0) is 13.8. The SMILES string of the molecule is O=C(NCC1CCN(c2ccccc2)C1)c1cccs1. The van der Waals surface area contributed by atoms with E-state index >= 15 is 0 Å². The highest BCUT2D eigenvalue weighted by Gasteiger charge is 2.23. The van der Waals surface area contributed by atoms with Crippen LogP contribution >= 0.6 is 11.3 Å². The summed E-state index contributed by atoms with van der Waals surface area (Å²) in [5.74, 6) is 0.595. The average Bonchev–Trinajstić information content (AvgIpc) is 3.17. The van der Waals surface area contributed by atoms with E-state index < -0.39 is 0 Å². The van der Waals surface area contributed by atoms with E-state index in [0.29, 0.717) is 5.92 Å². The molecule has 0 bridgehead atoms. The second-order valence-electron chi connectivity index (χ2n) is 5.12. The lowest BCUT2D eigenvalue weighted by molar-refractivity contribution is 0.0952. The van der Waals surface area contributed by atoms with Crippen molar-refractivity contribution < 1.29 is 4.79 Å². The molecule has 2 aromatic rings. The topological polar surface area (TPSA) is 32.3 Å². The van der Waals surface area contributed by atoms with Crippen LogP contribution in [0.1, 0.15) is 16.1 Å². The number of carbonyl (C=O) groups excluding carboxylic acids is 1. The number of hydrogen-bond acceptors (Lipinski definition) is 3. The molecule has 3 rings (SSSR count). The zero-order valence-electron chi connectivity index (χ0n) is 11.3. The van der Waals surface area contributed by atoms with Gasteiger partial charge in [0.2, 0.25) is 0 Å². The molecule has 1 N–H and O–H groups in total. The molecule has 4 heteroatoms. The molecule has 1 unspecified atom stereocenters. The monoisotopic (exact) mass is 286 g/mol. The molecule has 0 aliphatic carbocycles. The summed E-state index contributed by atoms with van der Waals surface area (Å²) in [4.78, 5) is 15.1. The van der Waals surface area contributed by atoms with Crippen molar-refractivity contribution >= 4 is 22.9 Å². The van der Waals surface area contributed by atoms with Crippen LogP contribution in [-0.4, -0.2) is 25.5 Å². The Morgan fingerprint density at radius 3 is 2.85 bits per heavy atom. The van der Waals surface area contributed by atoms with Crippen LogP contribution in [-0.2, 0) is 0 Å². The lowest BCUT2D eigenvalue weighted by Gasteiger charge is -2.18. The number of rotatable bonds is 4. The molecular formula is C16H18N2OS. The van der Waals surface area contributed by atoms with E-state index in [2.05, 4.69) is 34.5 Å². The first kappa shape index (κ1) is 13.2. The summed E-state index contributed by atoms with van der Waals surface area (Å²) in [5.41, 5.74) is 1.28. The normalized spacial score (nSPS) is 18.2. The van der Waals surface area contributed by atoms with Gasteiger partial charge in [-0.2, -0.15) is 0 Å². The molecule has 1 aliphatic rings. The Bertz CT molecular complexity index is 553. The lowest BCUT2D eigenvalue weighted by atomic mass is 10.1.